The molecule has 116 valence electrons. The van der Waals surface area contributed by atoms with Crippen molar-refractivity contribution in [3.8, 4) is 0 Å². The van der Waals surface area contributed by atoms with Crippen LogP contribution in [0.5, 0.6) is 0 Å². The first-order chi connectivity index (χ1) is 10.8. The summed E-state index contributed by atoms with van der Waals surface area (Å²) in [6.07, 6.45) is 7.97. The summed E-state index contributed by atoms with van der Waals surface area (Å²) >= 11 is 1.62. The van der Waals surface area contributed by atoms with Crippen LogP contribution in [0.4, 0.5) is 5.95 Å². The Labute approximate surface area is 133 Å². The fourth-order valence-electron chi connectivity index (χ4n) is 2.64. The molecular formula is C15H19N5OS. The number of amides is 1. The molecule has 2 aromatic heterocycles. The highest BCUT2D eigenvalue weighted by Crippen LogP contribution is 2.20. The van der Waals surface area contributed by atoms with E-state index >= 15 is 0 Å². The predicted octanol–water partition coefficient (Wildman–Crippen LogP) is 1.51. The minimum Gasteiger partial charge on any atom is -0.355 e. The summed E-state index contributed by atoms with van der Waals surface area (Å²) in [4.78, 5) is 27.2. The van der Waals surface area contributed by atoms with E-state index in [-0.39, 0.29) is 11.8 Å². The maximum atomic E-state index is 12.3. The Balaban J connectivity index is 1.49. The molecule has 0 unspecified atom stereocenters. The molecule has 1 saturated heterocycles. The van der Waals surface area contributed by atoms with E-state index in [2.05, 4.69) is 25.2 Å². The Morgan fingerprint density at radius 1 is 1.32 bits per heavy atom. The molecule has 22 heavy (non-hydrogen) atoms. The third-order valence-electron chi connectivity index (χ3n) is 3.75. The lowest BCUT2D eigenvalue weighted by Crippen LogP contribution is -2.44. The second kappa shape index (κ2) is 7.31. The number of carbonyl (C=O) groups is 1. The quantitative estimate of drug-likeness (QED) is 0.905. The van der Waals surface area contributed by atoms with E-state index in [0.29, 0.717) is 19.0 Å². The third kappa shape index (κ3) is 3.79. The van der Waals surface area contributed by atoms with Crippen molar-refractivity contribution in [2.45, 2.75) is 19.3 Å². The van der Waals surface area contributed by atoms with Crippen LogP contribution in [0.3, 0.4) is 0 Å². The number of aromatic nitrogens is 3. The summed E-state index contributed by atoms with van der Waals surface area (Å²) in [6.45, 7) is 2.24. The number of thiazole rings is 1. The molecule has 0 spiro atoms. The maximum Gasteiger partial charge on any atom is 0.225 e. The van der Waals surface area contributed by atoms with Crippen molar-refractivity contribution in [2.24, 2.45) is 5.92 Å². The van der Waals surface area contributed by atoms with Gasteiger partial charge in [0.1, 0.15) is 0 Å². The van der Waals surface area contributed by atoms with Crippen LogP contribution >= 0.6 is 11.3 Å². The number of hydrogen-bond acceptors (Lipinski definition) is 6. The SMILES string of the molecule is O=C(NCCc1nccs1)[C@H]1CCCN(c2ncccn2)C1. The molecule has 0 saturated carbocycles. The number of hydrogen-bond donors (Lipinski definition) is 1. The monoisotopic (exact) mass is 317 g/mol. The summed E-state index contributed by atoms with van der Waals surface area (Å²) in [7, 11) is 0. The number of nitrogens with zero attached hydrogens (tertiary/aromatic N) is 4. The van der Waals surface area contributed by atoms with Gasteiger partial charge >= 0.3 is 0 Å². The highest BCUT2D eigenvalue weighted by Gasteiger charge is 2.26. The number of nitrogens with one attached hydrogen (secondary N) is 1. The van der Waals surface area contributed by atoms with E-state index in [1.54, 1.807) is 36.0 Å². The average molecular weight is 317 g/mol. The second-order valence-electron chi connectivity index (χ2n) is 5.30. The topological polar surface area (TPSA) is 71.0 Å². The van der Waals surface area contributed by atoms with Crippen molar-refractivity contribution in [3.05, 3.63) is 35.0 Å². The first-order valence-corrected chi connectivity index (χ1v) is 8.39. The van der Waals surface area contributed by atoms with Crippen LogP contribution in [-0.2, 0) is 11.2 Å². The van der Waals surface area contributed by atoms with E-state index < -0.39 is 0 Å². The van der Waals surface area contributed by atoms with E-state index in [9.17, 15) is 4.79 Å². The second-order valence-corrected chi connectivity index (χ2v) is 6.28. The zero-order chi connectivity index (χ0) is 15.2. The zero-order valence-electron chi connectivity index (χ0n) is 12.3. The lowest BCUT2D eigenvalue weighted by molar-refractivity contribution is -0.125. The van der Waals surface area contributed by atoms with Crippen molar-refractivity contribution in [2.75, 3.05) is 24.5 Å². The van der Waals surface area contributed by atoms with Crippen LogP contribution < -0.4 is 10.2 Å². The molecule has 1 N–H and O–H groups in total. The van der Waals surface area contributed by atoms with Gasteiger partial charge in [0.25, 0.3) is 0 Å². The van der Waals surface area contributed by atoms with Gasteiger partial charge in [0.2, 0.25) is 11.9 Å². The van der Waals surface area contributed by atoms with Gasteiger partial charge < -0.3 is 10.2 Å². The molecule has 1 atom stereocenters. The lowest BCUT2D eigenvalue weighted by atomic mass is 9.97. The van der Waals surface area contributed by atoms with Crippen LogP contribution in [0.15, 0.2) is 30.0 Å². The molecule has 7 heteroatoms. The first kappa shape index (κ1) is 14.9. The molecule has 0 aliphatic carbocycles. The van der Waals surface area contributed by atoms with Gasteiger partial charge in [-0.2, -0.15) is 0 Å². The summed E-state index contributed by atoms with van der Waals surface area (Å²) in [5.41, 5.74) is 0. The largest absolute Gasteiger partial charge is 0.355 e. The third-order valence-corrected chi connectivity index (χ3v) is 4.59. The normalized spacial score (nSPS) is 18.2. The fraction of sp³-hybridized carbons (Fsp3) is 0.467. The van der Waals surface area contributed by atoms with Crippen LogP contribution in [0.25, 0.3) is 0 Å². The molecule has 0 radical (unpaired) electrons. The van der Waals surface area contributed by atoms with Gasteiger partial charge in [-0.05, 0) is 18.9 Å². The van der Waals surface area contributed by atoms with Gasteiger partial charge in [-0.3, -0.25) is 4.79 Å². The van der Waals surface area contributed by atoms with Gasteiger partial charge in [0, 0.05) is 50.0 Å². The van der Waals surface area contributed by atoms with Gasteiger partial charge in [0.05, 0.1) is 10.9 Å². The highest BCUT2D eigenvalue weighted by atomic mass is 32.1. The van der Waals surface area contributed by atoms with E-state index in [0.717, 1.165) is 30.8 Å². The molecule has 1 aliphatic heterocycles. The van der Waals surface area contributed by atoms with E-state index in [1.165, 1.54) is 0 Å². The minimum absolute atomic E-state index is 0.00820. The standard InChI is InChI=1S/C15H19N5OS/c21-14(17-7-4-13-16-8-10-22-13)12-3-1-9-20(11-12)15-18-5-2-6-19-15/h2,5-6,8,10,12H,1,3-4,7,9,11H2,(H,17,21)/t12-/m0/s1. The Hall–Kier alpha value is -2.02. The highest BCUT2D eigenvalue weighted by molar-refractivity contribution is 7.09. The Kier molecular flexibility index (Phi) is 4.95. The van der Waals surface area contributed by atoms with Gasteiger partial charge in [-0.15, -0.1) is 11.3 Å². The average Bonchev–Trinajstić information content (AvgIpc) is 3.09. The molecule has 1 fully saturated rings. The Bertz CT molecular complexity index is 589. The van der Waals surface area contributed by atoms with Crippen molar-refractivity contribution in [1.29, 1.82) is 0 Å². The van der Waals surface area contributed by atoms with Crippen LogP contribution in [0.1, 0.15) is 17.8 Å². The number of piperidine rings is 1. The predicted molar refractivity (Wildman–Crippen MR) is 85.8 cm³/mol. The number of carbonyl (C=O) groups excluding carboxylic acids is 1. The van der Waals surface area contributed by atoms with E-state index in [1.807, 2.05) is 5.38 Å². The number of anilines is 1. The summed E-state index contributed by atoms with van der Waals surface area (Å²) in [6, 6.07) is 1.80. The van der Waals surface area contributed by atoms with Crippen LogP contribution in [0, 0.1) is 5.92 Å². The molecule has 0 bridgehead atoms. The van der Waals surface area contributed by atoms with Crippen molar-refractivity contribution in [3.63, 3.8) is 0 Å². The Morgan fingerprint density at radius 2 is 2.18 bits per heavy atom. The van der Waals surface area contributed by atoms with Gasteiger partial charge in [-0.1, -0.05) is 0 Å². The van der Waals surface area contributed by atoms with Crippen molar-refractivity contribution in [1.82, 2.24) is 20.3 Å². The summed E-state index contributed by atoms with van der Waals surface area (Å²) in [5.74, 6) is 0.842. The molecule has 1 amide bonds. The zero-order valence-corrected chi connectivity index (χ0v) is 13.1. The first-order valence-electron chi connectivity index (χ1n) is 7.51. The summed E-state index contributed by atoms with van der Waals surface area (Å²) in [5, 5.41) is 6.04. The van der Waals surface area contributed by atoms with Gasteiger partial charge in [0.15, 0.2) is 0 Å². The van der Waals surface area contributed by atoms with Gasteiger partial charge in [-0.25, -0.2) is 15.0 Å². The minimum atomic E-state index is 0.00820. The summed E-state index contributed by atoms with van der Waals surface area (Å²) < 4.78 is 0. The van der Waals surface area contributed by atoms with Crippen LogP contribution in [-0.4, -0.2) is 40.5 Å². The van der Waals surface area contributed by atoms with Crippen molar-refractivity contribution < 1.29 is 4.79 Å². The maximum absolute atomic E-state index is 12.3. The van der Waals surface area contributed by atoms with E-state index in [4.69, 9.17) is 0 Å². The molecule has 3 heterocycles. The molecular weight excluding hydrogens is 298 g/mol. The molecule has 2 aromatic rings. The van der Waals surface area contributed by atoms with Crippen molar-refractivity contribution >= 4 is 23.2 Å². The molecule has 0 aromatic carbocycles. The Morgan fingerprint density at radius 3 is 2.95 bits per heavy atom. The molecule has 1 aliphatic rings. The number of rotatable bonds is 5. The lowest BCUT2D eigenvalue weighted by Gasteiger charge is -2.31. The smallest absolute Gasteiger partial charge is 0.225 e. The van der Waals surface area contributed by atoms with Crippen LogP contribution in [0.2, 0.25) is 0 Å². The fourth-order valence-corrected chi connectivity index (χ4v) is 3.26. The molecule has 3 rings (SSSR count). The molecule has 6 nitrogen and oxygen atoms in total.